The number of nitrogens with one attached hydrogen (secondary N) is 1. The lowest BCUT2D eigenvalue weighted by atomic mass is 10.2. The third kappa shape index (κ3) is 5.52. The Morgan fingerprint density at radius 2 is 1.83 bits per heavy atom. The van der Waals surface area contributed by atoms with E-state index in [1.165, 1.54) is 5.56 Å². The molecule has 3 heteroatoms. The lowest BCUT2D eigenvalue weighted by molar-refractivity contribution is 0.285. The van der Waals surface area contributed by atoms with Crippen LogP contribution in [0.25, 0.3) is 0 Å². The highest BCUT2D eigenvalue weighted by atomic mass is 16.5. The molecule has 18 heavy (non-hydrogen) atoms. The molecule has 0 aliphatic carbocycles. The number of hydrogen-bond acceptors (Lipinski definition) is 3. The molecule has 0 heterocycles. The van der Waals surface area contributed by atoms with E-state index >= 15 is 0 Å². The maximum atomic E-state index is 5.72. The fraction of sp³-hybridized carbons (Fsp3) is 0.600. The van der Waals surface area contributed by atoms with Gasteiger partial charge in [-0.25, -0.2) is 0 Å². The van der Waals surface area contributed by atoms with Crippen LogP contribution < -0.4 is 10.1 Å². The lowest BCUT2D eigenvalue weighted by Crippen LogP contribution is -2.33. The average molecular weight is 250 g/mol. The number of nitrogens with zero attached hydrogens (tertiary/aromatic N) is 1. The average Bonchev–Trinajstić information content (AvgIpc) is 2.40. The van der Waals surface area contributed by atoms with E-state index in [2.05, 4.69) is 37.1 Å². The second-order valence-electron chi connectivity index (χ2n) is 4.39. The van der Waals surface area contributed by atoms with Crippen LogP contribution in [-0.4, -0.2) is 44.2 Å². The first-order valence-corrected chi connectivity index (χ1v) is 6.89. The quantitative estimate of drug-likeness (QED) is 0.681. The molecular formula is C15H26N2O. The molecule has 0 saturated carbocycles. The van der Waals surface area contributed by atoms with E-state index in [1.807, 2.05) is 18.2 Å². The van der Waals surface area contributed by atoms with Gasteiger partial charge in [-0.2, -0.15) is 0 Å². The Bertz CT molecular complexity index is 324. The maximum absolute atomic E-state index is 5.72. The van der Waals surface area contributed by atoms with Crippen molar-refractivity contribution in [2.45, 2.75) is 20.8 Å². The highest BCUT2D eigenvalue weighted by molar-refractivity contribution is 5.31. The number of aryl methyl sites for hydroxylation is 1. The van der Waals surface area contributed by atoms with Crippen molar-refractivity contribution in [1.29, 1.82) is 0 Å². The molecule has 1 aromatic rings. The Balaban J connectivity index is 2.07. The zero-order valence-electron chi connectivity index (χ0n) is 11.9. The minimum absolute atomic E-state index is 0.725. The fourth-order valence-electron chi connectivity index (χ4n) is 1.85. The van der Waals surface area contributed by atoms with E-state index < -0.39 is 0 Å². The Kier molecular flexibility index (Phi) is 7.46. The van der Waals surface area contributed by atoms with Crippen molar-refractivity contribution in [1.82, 2.24) is 10.2 Å². The number of ether oxygens (including phenoxy) is 1. The minimum atomic E-state index is 0.725. The van der Waals surface area contributed by atoms with Gasteiger partial charge < -0.3 is 15.0 Å². The van der Waals surface area contributed by atoms with Crippen LogP contribution in [0.1, 0.15) is 19.4 Å². The molecule has 0 saturated heterocycles. The summed E-state index contributed by atoms with van der Waals surface area (Å²) in [4.78, 5) is 2.41. The van der Waals surface area contributed by atoms with Gasteiger partial charge in [-0.3, -0.25) is 0 Å². The molecule has 0 fully saturated rings. The number of para-hydroxylation sites is 1. The third-order valence-corrected chi connectivity index (χ3v) is 3.13. The number of hydrogen-bond donors (Lipinski definition) is 1. The monoisotopic (exact) mass is 250 g/mol. The van der Waals surface area contributed by atoms with Crippen molar-refractivity contribution in [3.05, 3.63) is 29.8 Å². The second-order valence-corrected chi connectivity index (χ2v) is 4.39. The summed E-state index contributed by atoms with van der Waals surface area (Å²) < 4.78 is 5.72. The van der Waals surface area contributed by atoms with E-state index in [0.717, 1.165) is 45.1 Å². The number of benzene rings is 1. The van der Waals surface area contributed by atoms with Gasteiger partial charge in [-0.05, 0) is 31.6 Å². The third-order valence-electron chi connectivity index (χ3n) is 3.13. The molecule has 1 N–H and O–H groups in total. The Morgan fingerprint density at radius 3 is 2.50 bits per heavy atom. The lowest BCUT2D eigenvalue weighted by Gasteiger charge is -2.18. The maximum Gasteiger partial charge on any atom is 0.122 e. The van der Waals surface area contributed by atoms with Crippen molar-refractivity contribution < 1.29 is 4.74 Å². The predicted octanol–water partition coefficient (Wildman–Crippen LogP) is 2.31. The summed E-state index contributed by atoms with van der Waals surface area (Å²) >= 11 is 0. The SMILES string of the molecule is CCN(CC)CCNCCOc1ccccc1C. The van der Waals surface area contributed by atoms with Crippen LogP contribution in [0, 0.1) is 6.92 Å². The van der Waals surface area contributed by atoms with Gasteiger partial charge in [-0.1, -0.05) is 32.0 Å². The van der Waals surface area contributed by atoms with Crippen LogP contribution in [0.5, 0.6) is 5.75 Å². The highest BCUT2D eigenvalue weighted by Crippen LogP contribution is 2.15. The molecule has 1 aromatic carbocycles. The van der Waals surface area contributed by atoms with E-state index in [0.29, 0.717) is 0 Å². The Morgan fingerprint density at radius 1 is 1.11 bits per heavy atom. The summed E-state index contributed by atoms with van der Waals surface area (Å²) in [6, 6.07) is 8.13. The smallest absolute Gasteiger partial charge is 0.122 e. The van der Waals surface area contributed by atoms with Gasteiger partial charge in [0.05, 0.1) is 0 Å². The van der Waals surface area contributed by atoms with Crippen LogP contribution in [-0.2, 0) is 0 Å². The molecule has 0 aromatic heterocycles. The predicted molar refractivity (Wildman–Crippen MR) is 77.3 cm³/mol. The van der Waals surface area contributed by atoms with Gasteiger partial charge in [-0.15, -0.1) is 0 Å². The van der Waals surface area contributed by atoms with Crippen molar-refractivity contribution in [2.75, 3.05) is 39.3 Å². The van der Waals surface area contributed by atoms with Gasteiger partial charge in [0.15, 0.2) is 0 Å². The van der Waals surface area contributed by atoms with E-state index in [-0.39, 0.29) is 0 Å². The van der Waals surface area contributed by atoms with Crippen LogP contribution in [0.4, 0.5) is 0 Å². The number of rotatable bonds is 9. The normalized spacial score (nSPS) is 10.9. The van der Waals surface area contributed by atoms with Crippen molar-refractivity contribution in [3.8, 4) is 5.75 Å². The molecule has 0 aliphatic heterocycles. The first-order chi connectivity index (χ1) is 8.77. The molecular weight excluding hydrogens is 224 g/mol. The summed E-state index contributed by atoms with van der Waals surface area (Å²) in [5.41, 5.74) is 1.20. The van der Waals surface area contributed by atoms with E-state index in [1.54, 1.807) is 0 Å². The van der Waals surface area contributed by atoms with Gasteiger partial charge in [0.25, 0.3) is 0 Å². The molecule has 0 atom stereocenters. The molecule has 1 rings (SSSR count). The van der Waals surface area contributed by atoms with Gasteiger partial charge in [0.2, 0.25) is 0 Å². The summed E-state index contributed by atoms with van der Waals surface area (Å²) in [5, 5.41) is 3.41. The molecule has 0 aliphatic rings. The Hall–Kier alpha value is -1.06. The van der Waals surface area contributed by atoms with Crippen molar-refractivity contribution >= 4 is 0 Å². The largest absolute Gasteiger partial charge is 0.492 e. The van der Waals surface area contributed by atoms with Crippen LogP contribution >= 0.6 is 0 Å². The van der Waals surface area contributed by atoms with Crippen molar-refractivity contribution in [2.24, 2.45) is 0 Å². The summed E-state index contributed by atoms with van der Waals surface area (Å²) in [7, 11) is 0. The fourth-order valence-corrected chi connectivity index (χ4v) is 1.85. The number of likely N-dealkylation sites (N-methyl/N-ethyl adjacent to an activating group) is 1. The van der Waals surface area contributed by atoms with Crippen LogP contribution in [0.3, 0.4) is 0 Å². The molecule has 0 amide bonds. The Labute approximate surface area is 111 Å². The summed E-state index contributed by atoms with van der Waals surface area (Å²) in [5.74, 6) is 0.989. The van der Waals surface area contributed by atoms with Gasteiger partial charge in [0.1, 0.15) is 12.4 Å². The van der Waals surface area contributed by atoms with Crippen molar-refractivity contribution in [3.63, 3.8) is 0 Å². The molecule has 3 nitrogen and oxygen atoms in total. The second kappa shape index (κ2) is 8.95. The molecule has 0 bridgehead atoms. The zero-order chi connectivity index (χ0) is 13.2. The molecule has 0 spiro atoms. The summed E-state index contributed by atoms with van der Waals surface area (Å²) in [6.07, 6.45) is 0. The molecule has 102 valence electrons. The van der Waals surface area contributed by atoms with E-state index in [4.69, 9.17) is 4.74 Å². The first-order valence-electron chi connectivity index (χ1n) is 6.89. The van der Waals surface area contributed by atoms with Crippen LogP contribution in [0.2, 0.25) is 0 Å². The minimum Gasteiger partial charge on any atom is -0.492 e. The first kappa shape index (κ1) is 15.0. The van der Waals surface area contributed by atoms with Gasteiger partial charge >= 0.3 is 0 Å². The van der Waals surface area contributed by atoms with E-state index in [9.17, 15) is 0 Å². The van der Waals surface area contributed by atoms with Gasteiger partial charge in [0, 0.05) is 19.6 Å². The molecule has 0 radical (unpaired) electrons. The molecule has 0 unspecified atom stereocenters. The standard InChI is InChI=1S/C15H26N2O/c1-4-17(5-2)12-10-16-11-13-18-15-9-7-6-8-14(15)3/h6-9,16H,4-5,10-13H2,1-3H3. The highest BCUT2D eigenvalue weighted by Gasteiger charge is 1.99. The topological polar surface area (TPSA) is 24.5 Å². The summed E-state index contributed by atoms with van der Waals surface area (Å²) in [6.45, 7) is 12.5. The zero-order valence-corrected chi connectivity index (χ0v) is 11.9. The van der Waals surface area contributed by atoms with Crippen LogP contribution in [0.15, 0.2) is 24.3 Å².